The molecule has 1 aromatic rings. The van der Waals surface area contributed by atoms with Gasteiger partial charge in [0.15, 0.2) is 5.43 Å². The van der Waals surface area contributed by atoms with Crippen molar-refractivity contribution < 1.29 is 0 Å². The predicted molar refractivity (Wildman–Crippen MR) is 68.3 cm³/mol. The fraction of sp³-hybridized carbons (Fsp3) is 0.533. The number of fused-ring (bicyclic) bond motifs is 1. The molecule has 1 aromatic carbocycles. The van der Waals surface area contributed by atoms with Crippen molar-refractivity contribution in [2.24, 2.45) is 0 Å². The molecule has 0 bridgehead atoms. The van der Waals surface area contributed by atoms with Gasteiger partial charge in [-0.2, -0.15) is 0 Å². The van der Waals surface area contributed by atoms with Gasteiger partial charge < -0.3 is 0 Å². The van der Waals surface area contributed by atoms with Gasteiger partial charge in [-0.3, -0.25) is 4.79 Å². The number of hydrogen-bond donors (Lipinski definition) is 0. The fourth-order valence-electron chi connectivity index (χ4n) is 2.55. The largest absolute Gasteiger partial charge is 0.290 e. The molecule has 1 heteroatoms. The van der Waals surface area contributed by atoms with Crippen LogP contribution in [0.5, 0.6) is 0 Å². The van der Waals surface area contributed by atoms with Crippen LogP contribution in [0, 0.1) is 6.92 Å². The molecule has 16 heavy (non-hydrogen) atoms. The van der Waals surface area contributed by atoms with Gasteiger partial charge >= 0.3 is 0 Å². The van der Waals surface area contributed by atoms with Crippen LogP contribution in [0.2, 0.25) is 0 Å². The summed E-state index contributed by atoms with van der Waals surface area (Å²) in [4.78, 5) is 12.0. The highest BCUT2D eigenvalue weighted by atomic mass is 16.1. The minimum Gasteiger partial charge on any atom is -0.290 e. The topological polar surface area (TPSA) is 17.1 Å². The Morgan fingerprint density at radius 1 is 1.31 bits per heavy atom. The molecular formula is C15H20O. The predicted octanol–water partition coefficient (Wildman–Crippen LogP) is 3.53. The van der Waals surface area contributed by atoms with Gasteiger partial charge in [0.1, 0.15) is 0 Å². The van der Waals surface area contributed by atoms with E-state index in [1.165, 1.54) is 23.1 Å². The third kappa shape index (κ3) is 1.79. The lowest BCUT2D eigenvalue weighted by atomic mass is 9.99. The molecule has 0 aromatic heterocycles. The summed E-state index contributed by atoms with van der Waals surface area (Å²) in [7, 11) is 0. The van der Waals surface area contributed by atoms with E-state index in [4.69, 9.17) is 0 Å². The highest BCUT2D eigenvalue weighted by Gasteiger charge is 2.21. The van der Waals surface area contributed by atoms with E-state index in [0.29, 0.717) is 11.8 Å². The lowest BCUT2D eigenvalue weighted by molar-refractivity contribution is 0.743. The lowest BCUT2D eigenvalue weighted by Gasteiger charge is -2.05. The van der Waals surface area contributed by atoms with Crippen LogP contribution in [0.3, 0.4) is 0 Å². The Labute approximate surface area is 97.5 Å². The molecule has 0 spiro atoms. The Morgan fingerprint density at radius 3 is 2.62 bits per heavy atom. The van der Waals surface area contributed by atoms with Crippen LogP contribution in [0.4, 0.5) is 0 Å². The van der Waals surface area contributed by atoms with Gasteiger partial charge in [-0.1, -0.05) is 26.8 Å². The van der Waals surface area contributed by atoms with E-state index < -0.39 is 0 Å². The van der Waals surface area contributed by atoms with Crippen molar-refractivity contribution in [1.82, 2.24) is 0 Å². The van der Waals surface area contributed by atoms with Gasteiger partial charge in [0.2, 0.25) is 0 Å². The second-order valence-corrected chi connectivity index (χ2v) is 5.31. The quantitative estimate of drug-likeness (QED) is 0.702. The summed E-state index contributed by atoms with van der Waals surface area (Å²) in [6, 6.07) is 4.08. The molecule has 0 aliphatic heterocycles. The molecule has 1 aliphatic carbocycles. The minimum absolute atomic E-state index is 0.207. The van der Waals surface area contributed by atoms with Crippen LogP contribution in [-0.4, -0.2) is 0 Å². The molecule has 0 heterocycles. The van der Waals surface area contributed by atoms with E-state index in [9.17, 15) is 4.79 Å². The van der Waals surface area contributed by atoms with E-state index >= 15 is 0 Å². The van der Waals surface area contributed by atoms with Crippen LogP contribution in [-0.2, 0) is 6.42 Å². The van der Waals surface area contributed by atoms with Crippen molar-refractivity contribution in [2.45, 2.75) is 52.4 Å². The highest BCUT2D eigenvalue weighted by Crippen LogP contribution is 2.34. The summed E-state index contributed by atoms with van der Waals surface area (Å²) in [5.41, 5.74) is 5.07. The normalized spacial score (nSPS) is 18.9. The SMILES string of the molecule is Cc1c2c(cc(C(C)C)cc1=O)[C@@H](C)CC2. The van der Waals surface area contributed by atoms with Crippen molar-refractivity contribution >= 4 is 0 Å². The van der Waals surface area contributed by atoms with Crippen LogP contribution < -0.4 is 5.43 Å². The van der Waals surface area contributed by atoms with Gasteiger partial charge in [-0.05, 0) is 59.9 Å². The van der Waals surface area contributed by atoms with Crippen molar-refractivity contribution in [3.63, 3.8) is 0 Å². The molecule has 0 saturated carbocycles. The minimum atomic E-state index is 0.207. The van der Waals surface area contributed by atoms with Crippen LogP contribution in [0.1, 0.15) is 61.3 Å². The van der Waals surface area contributed by atoms with Gasteiger partial charge in [-0.25, -0.2) is 0 Å². The summed E-state index contributed by atoms with van der Waals surface area (Å²) in [5.74, 6) is 1.04. The molecule has 1 nitrogen and oxygen atoms in total. The standard InChI is InChI=1S/C15H20O/c1-9(2)12-7-14-10(3)5-6-13(14)11(4)15(16)8-12/h7-10H,5-6H2,1-4H3/t10-/m0/s1. The van der Waals surface area contributed by atoms with Crippen molar-refractivity contribution in [3.05, 3.63) is 44.6 Å². The first-order chi connectivity index (χ1) is 7.50. The maximum absolute atomic E-state index is 12.0. The third-order valence-corrected chi connectivity index (χ3v) is 3.82. The molecule has 0 N–H and O–H groups in total. The summed E-state index contributed by atoms with van der Waals surface area (Å²) < 4.78 is 0. The Hall–Kier alpha value is -1.11. The fourth-order valence-corrected chi connectivity index (χ4v) is 2.55. The van der Waals surface area contributed by atoms with E-state index in [0.717, 1.165) is 12.0 Å². The van der Waals surface area contributed by atoms with Crippen molar-refractivity contribution in [1.29, 1.82) is 0 Å². The molecule has 86 valence electrons. The first-order valence-corrected chi connectivity index (χ1v) is 6.18. The maximum atomic E-state index is 12.0. The molecule has 0 fully saturated rings. The first kappa shape index (κ1) is 11.4. The average Bonchev–Trinajstić information content (AvgIpc) is 2.51. The molecule has 0 unspecified atom stereocenters. The van der Waals surface area contributed by atoms with E-state index in [1.807, 2.05) is 13.0 Å². The van der Waals surface area contributed by atoms with Gasteiger partial charge in [0.25, 0.3) is 0 Å². The first-order valence-electron chi connectivity index (χ1n) is 6.18. The smallest absolute Gasteiger partial charge is 0.182 e. The average molecular weight is 216 g/mol. The zero-order valence-corrected chi connectivity index (χ0v) is 10.6. The van der Waals surface area contributed by atoms with Crippen LogP contribution >= 0.6 is 0 Å². The molecule has 1 atom stereocenters. The second kappa shape index (κ2) is 4.04. The number of rotatable bonds is 1. The summed E-state index contributed by atoms with van der Waals surface area (Å²) in [6.07, 6.45) is 2.26. The Bertz CT molecular complexity index is 472. The highest BCUT2D eigenvalue weighted by molar-refractivity contribution is 5.41. The van der Waals surface area contributed by atoms with Crippen molar-refractivity contribution in [3.8, 4) is 0 Å². The number of hydrogen-bond acceptors (Lipinski definition) is 1. The van der Waals surface area contributed by atoms with E-state index in [-0.39, 0.29) is 5.43 Å². The molecular weight excluding hydrogens is 196 g/mol. The summed E-state index contributed by atoms with van der Waals surface area (Å²) in [5, 5.41) is 0. The van der Waals surface area contributed by atoms with Gasteiger partial charge in [-0.15, -0.1) is 0 Å². The second-order valence-electron chi connectivity index (χ2n) is 5.31. The molecule has 0 saturated heterocycles. The van der Waals surface area contributed by atoms with E-state index in [1.54, 1.807) is 0 Å². The van der Waals surface area contributed by atoms with Crippen molar-refractivity contribution in [2.75, 3.05) is 0 Å². The van der Waals surface area contributed by atoms with Crippen LogP contribution in [0.25, 0.3) is 0 Å². The summed E-state index contributed by atoms with van der Waals surface area (Å²) in [6.45, 7) is 8.54. The lowest BCUT2D eigenvalue weighted by Crippen LogP contribution is -2.03. The zero-order chi connectivity index (χ0) is 11.9. The molecule has 1 aliphatic rings. The zero-order valence-electron chi connectivity index (χ0n) is 10.6. The Balaban J connectivity index is 2.75. The third-order valence-electron chi connectivity index (χ3n) is 3.82. The monoisotopic (exact) mass is 216 g/mol. The van der Waals surface area contributed by atoms with Gasteiger partial charge in [0.05, 0.1) is 0 Å². The molecule has 2 rings (SSSR count). The molecule has 0 amide bonds. The van der Waals surface area contributed by atoms with Gasteiger partial charge in [0, 0.05) is 0 Å². The Morgan fingerprint density at radius 2 is 2.00 bits per heavy atom. The Kier molecular flexibility index (Phi) is 2.88. The van der Waals surface area contributed by atoms with Crippen LogP contribution in [0.15, 0.2) is 16.9 Å². The maximum Gasteiger partial charge on any atom is 0.182 e. The molecule has 0 radical (unpaired) electrons. The van der Waals surface area contributed by atoms with E-state index in [2.05, 4.69) is 26.8 Å². The summed E-state index contributed by atoms with van der Waals surface area (Å²) >= 11 is 0.